The van der Waals surface area contributed by atoms with Crippen molar-refractivity contribution in [2.24, 2.45) is 5.92 Å². The van der Waals surface area contributed by atoms with Crippen molar-refractivity contribution in [1.82, 2.24) is 14.8 Å². The topological polar surface area (TPSA) is 91.6 Å². The number of nitrogens with zero attached hydrogens (tertiary/aromatic N) is 2. The molecular weight excluding hydrogens is 382 g/mol. The lowest BCUT2D eigenvalue weighted by Gasteiger charge is -2.34. The van der Waals surface area contributed by atoms with Gasteiger partial charge in [0.05, 0.1) is 12.6 Å². The number of rotatable bonds is 6. The van der Waals surface area contributed by atoms with Crippen LogP contribution in [0.4, 0.5) is 0 Å². The van der Waals surface area contributed by atoms with Crippen molar-refractivity contribution in [3.05, 3.63) is 33.7 Å². The number of aromatic nitrogens is 1. The maximum absolute atomic E-state index is 13.2. The zero-order chi connectivity index (χ0) is 21.7. The number of pyridine rings is 1. The fraction of sp³-hybridized carbons (Fsp3) is 0.696. The number of amides is 2. The van der Waals surface area contributed by atoms with Gasteiger partial charge in [-0.05, 0) is 51.9 Å². The molecule has 2 fully saturated rings. The Morgan fingerprint density at radius 1 is 1.07 bits per heavy atom. The Kier molecular flexibility index (Phi) is 7.69. The van der Waals surface area contributed by atoms with Crippen LogP contribution < -0.4 is 10.7 Å². The lowest BCUT2D eigenvalue weighted by molar-refractivity contribution is 0.0500. The molecule has 3 rings (SSSR count). The monoisotopic (exact) mass is 417 g/mol. The normalized spacial score (nSPS) is 20.4. The Bertz CT molecular complexity index is 811. The first-order chi connectivity index (χ1) is 14.4. The molecular formula is C23H35N3O4. The molecule has 7 nitrogen and oxygen atoms in total. The lowest BCUT2D eigenvalue weighted by atomic mass is 9.89. The molecule has 1 aliphatic carbocycles. The van der Waals surface area contributed by atoms with Crippen LogP contribution in [0.5, 0.6) is 0 Å². The van der Waals surface area contributed by atoms with Crippen LogP contribution in [-0.4, -0.2) is 52.1 Å². The van der Waals surface area contributed by atoms with E-state index in [1.165, 1.54) is 19.3 Å². The van der Waals surface area contributed by atoms with Gasteiger partial charge in [0, 0.05) is 31.5 Å². The third-order valence-corrected chi connectivity index (χ3v) is 6.49. The Hall–Kier alpha value is -2.15. The average Bonchev–Trinajstić information content (AvgIpc) is 2.77. The molecule has 2 amide bonds. The number of carbonyl (C=O) groups excluding carboxylic acids is 2. The van der Waals surface area contributed by atoms with E-state index in [1.54, 1.807) is 21.9 Å². The van der Waals surface area contributed by atoms with Crippen LogP contribution in [0.3, 0.4) is 0 Å². The quantitative estimate of drug-likeness (QED) is 0.744. The summed E-state index contributed by atoms with van der Waals surface area (Å²) < 4.78 is 1.75. The average molecular weight is 418 g/mol. The van der Waals surface area contributed by atoms with Crippen molar-refractivity contribution in [2.45, 2.75) is 77.3 Å². The van der Waals surface area contributed by atoms with Crippen molar-refractivity contribution < 1.29 is 14.7 Å². The third-order valence-electron chi connectivity index (χ3n) is 6.49. The molecule has 0 radical (unpaired) electrons. The van der Waals surface area contributed by atoms with E-state index in [0.29, 0.717) is 19.0 Å². The minimum absolute atomic E-state index is 0.00274. The molecule has 0 aromatic carbocycles. The summed E-state index contributed by atoms with van der Waals surface area (Å²) in [6, 6.07) is -0.279. The number of nitrogens with one attached hydrogen (secondary N) is 1. The third kappa shape index (κ3) is 5.12. The van der Waals surface area contributed by atoms with Gasteiger partial charge in [0.1, 0.15) is 11.1 Å². The number of likely N-dealkylation sites (tertiary alicyclic amines) is 1. The minimum Gasteiger partial charge on any atom is -0.394 e. The predicted octanol–water partition coefficient (Wildman–Crippen LogP) is 2.73. The molecule has 7 heteroatoms. The van der Waals surface area contributed by atoms with Crippen LogP contribution >= 0.6 is 0 Å². The number of carbonyl (C=O) groups is 2. The first-order valence-electron chi connectivity index (χ1n) is 11.4. The highest BCUT2D eigenvalue weighted by atomic mass is 16.3. The summed E-state index contributed by atoms with van der Waals surface area (Å²) >= 11 is 0. The molecule has 1 saturated heterocycles. The second-order valence-electron chi connectivity index (χ2n) is 9.00. The zero-order valence-electron chi connectivity index (χ0n) is 18.2. The summed E-state index contributed by atoms with van der Waals surface area (Å²) in [6.45, 7) is 4.85. The van der Waals surface area contributed by atoms with Gasteiger partial charge in [0.25, 0.3) is 11.8 Å². The number of piperidine rings is 1. The molecule has 1 saturated carbocycles. The molecule has 166 valence electrons. The second-order valence-corrected chi connectivity index (χ2v) is 9.00. The molecule has 0 unspecified atom stereocenters. The summed E-state index contributed by atoms with van der Waals surface area (Å²) in [6.07, 6.45) is 11.5. The Morgan fingerprint density at radius 2 is 1.73 bits per heavy atom. The lowest BCUT2D eigenvalue weighted by Crippen LogP contribution is -2.47. The maximum atomic E-state index is 13.2. The molecule has 1 aromatic rings. The van der Waals surface area contributed by atoms with E-state index in [4.69, 9.17) is 0 Å². The largest absolute Gasteiger partial charge is 0.394 e. The van der Waals surface area contributed by atoms with Gasteiger partial charge >= 0.3 is 0 Å². The highest BCUT2D eigenvalue weighted by Crippen LogP contribution is 2.23. The fourth-order valence-electron chi connectivity index (χ4n) is 4.55. The van der Waals surface area contributed by atoms with Crippen molar-refractivity contribution in [2.75, 3.05) is 19.7 Å². The molecule has 1 atom stereocenters. The molecule has 2 aliphatic rings. The van der Waals surface area contributed by atoms with Gasteiger partial charge in [0.15, 0.2) is 0 Å². The Labute approximate surface area is 178 Å². The van der Waals surface area contributed by atoms with Gasteiger partial charge in [-0.1, -0.05) is 19.3 Å². The van der Waals surface area contributed by atoms with Gasteiger partial charge in [-0.3, -0.25) is 14.4 Å². The van der Waals surface area contributed by atoms with Crippen LogP contribution in [0.15, 0.2) is 17.2 Å². The van der Waals surface area contributed by atoms with Gasteiger partial charge in [-0.25, -0.2) is 0 Å². The fourth-order valence-corrected chi connectivity index (χ4v) is 4.55. The van der Waals surface area contributed by atoms with Crippen molar-refractivity contribution in [1.29, 1.82) is 0 Å². The number of aliphatic hydroxyl groups excluding tert-OH is 1. The molecule has 2 heterocycles. The molecule has 1 aliphatic heterocycles. The second kappa shape index (κ2) is 10.2. The van der Waals surface area contributed by atoms with Gasteiger partial charge < -0.3 is 19.9 Å². The molecule has 1 aromatic heterocycles. The highest BCUT2D eigenvalue weighted by Gasteiger charge is 2.30. The summed E-state index contributed by atoms with van der Waals surface area (Å²) in [4.78, 5) is 40.8. The van der Waals surface area contributed by atoms with E-state index >= 15 is 0 Å². The van der Waals surface area contributed by atoms with Crippen molar-refractivity contribution in [3.63, 3.8) is 0 Å². The van der Waals surface area contributed by atoms with Crippen LogP contribution in [0.25, 0.3) is 0 Å². The van der Waals surface area contributed by atoms with E-state index in [9.17, 15) is 19.5 Å². The smallest absolute Gasteiger partial charge is 0.259 e. The predicted molar refractivity (Wildman–Crippen MR) is 116 cm³/mol. The van der Waals surface area contributed by atoms with E-state index in [0.717, 1.165) is 32.1 Å². The van der Waals surface area contributed by atoms with E-state index < -0.39 is 17.2 Å². The summed E-state index contributed by atoms with van der Waals surface area (Å²) in [5.41, 5.74) is -0.502. The first-order valence-corrected chi connectivity index (χ1v) is 11.4. The standard InChI is InChI=1S/C23H35N3O4/c1-16(2)25-13-19(22(29)24-12-17-8-4-3-5-9-17)21(28)20(14-25)23(30)26-11-7-6-10-18(26)15-27/h13-14,16-18,27H,3-12,15H2,1-2H3,(H,24,29)/t18-/m1/s1. The number of aliphatic hydroxyl groups is 1. The number of hydrogen-bond acceptors (Lipinski definition) is 4. The van der Waals surface area contributed by atoms with E-state index in [1.807, 2.05) is 13.8 Å². The summed E-state index contributed by atoms with van der Waals surface area (Å²) in [5.74, 6) is -0.347. The van der Waals surface area contributed by atoms with E-state index in [2.05, 4.69) is 5.32 Å². The molecule has 0 bridgehead atoms. The SMILES string of the molecule is CC(C)n1cc(C(=O)NCC2CCCCC2)c(=O)c(C(=O)N2CCCC[C@@H]2CO)c1. The summed E-state index contributed by atoms with van der Waals surface area (Å²) in [7, 11) is 0. The van der Waals surface area contributed by atoms with Gasteiger partial charge in [-0.2, -0.15) is 0 Å². The maximum Gasteiger partial charge on any atom is 0.259 e. The van der Waals surface area contributed by atoms with Crippen LogP contribution in [0.2, 0.25) is 0 Å². The van der Waals surface area contributed by atoms with Crippen molar-refractivity contribution >= 4 is 11.8 Å². The Balaban J connectivity index is 1.86. The van der Waals surface area contributed by atoms with Crippen LogP contribution in [0, 0.1) is 5.92 Å². The zero-order valence-corrected chi connectivity index (χ0v) is 18.2. The van der Waals surface area contributed by atoms with Gasteiger partial charge in [-0.15, -0.1) is 0 Å². The minimum atomic E-state index is -0.527. The van der Waals surface area contributed by atoms with Gasteiger partial charge in [0.2, 0.25) is 5.43 Å². The number of hydrogen-bond donors (Lipinski definition) is 2. The Morgan fingerprint density at radius 3 is 2.40 bits per heavy atom. The first kappa shape index (κ1) is 22.5. The van der Waals surface area contributed by atoms with Crippen LogP contribution in [-0.2, 0) is 0 Å². The molecule has 0 spiro atoms. The molecule has 2 N–H and O–H groups in total. The molecule has 30 heavy (non-hydrogen) atoms. The van der Waals surface area contributed by atoms with Crippen LogP contribution in [0.1, 0.15) is 92.0 Å². The highest BCUT2D eigenvalue weighted by molar-refractivity contribution is 5.99. The summed E-state index contributed by atoms with van der Waals surface area (Å²) in [5, 5.41) is 12.6. The van der Waals surface area contributed by atoms with E-state index in [-0.39, 0.29) is 29.8 Å². The van der Waals surface area contributed by atoms with Crippen molar-refractivity contribution in [3.8, 4) is 0 Å².